The van der Waals surface area contributed by atoms with Crippen molar-refractivity contribution in [2.24, 2.45) is 0 Å². The number of carbonyl (C=O) groups is 2. The number of halogens is 1. The van der Waals surface area contributed by atoms with Gasteiger partial charge >= 0.3 is 6.03 Å². The van der Waals surface area contributed by atoms with Gasteiger partial charge in [-0.3, -0.25) is 9.78 Å². The molecule has 0 aliphatic carbocycles. The molecule has 3 rings (SSSR count). The first-order valence-electron chi connectivity index (χ1n) is 9.48. The molecule has 0 bridgehead atoms. The number of aliphatic hydroxyl groups excluding tert-OH is 1. The van der Waals surface area contributed by atoms with Crippen molar-refractivity contribution >= 4 is 17.6 Å². The van der Waals surface area contributed by atoms with Gasteiger partial charge in [-0.2, -0.15) is 0 Å². The highest BCUT2D eigenvalue weighted by Crippen LogP contribution is 2.16. The first-order valence-corrected chi connectivity index (χ1v) is 9.48. The molecule has 158 valence electrons. The van der Waals surface area contributed by atoms with Crippen molar-refractivity contribution in [3.05, 3.63) is 72.3 Å². The fourth-order valence-electron chi connectivity index (χ4n) is 2.93. The third-order valence-corrected chi connectivity index (χ3v) is 4.44. The number of rotatable bonds is 7. The predicted molar refractivity (Wildman–Crippen MR) is 108 cm³/mol. The molecule has 3 amide bonds. The van der Waals surface area contributed by atoms with E-state index in [2.05, 4.69) is 20.9 Å². The summed E-state index contributed by atoms with van der Waals surface area (Å²) in [5.74, 6) is -0.618. The maximum atomic E-state index is 12.9. The Morgan fingerprint density at radius 2 is 1.93 bits per heavy atom. The van der Waals surface area contributed by atoms with Gasteiger partial charge < -0.3 is 25.8 Å². The number of nitrogens with zero attached hydrogens (tertiary/aromatic N) is 1. The quantitative estimate of drug-likeness (QED) is 0.516. The summed E-state index contributed by atoms with van der Waals surface area (Å²) in [7, 11) is 0. The molecule has 0 saturated carbocycles. The van der Waals surface area contributed by atoms with E-state index < -0.39 is 30.1 Å². The van der Waals surface area contributed by atoms with E-state index >= 15 is 0 Å². The van der Waals surface area contributed by atoms with Gasteiger partial charge in [0.1, 0.15) is 11.9 Å². The van der Waals surface area contributed by atoms with Crippen molar-refractivity contribution in [1.29, 1.82) is 0 Å². The first kappa shape index (κ1) is 21.4. The molecule has 2 aromatic rings. The highest BCUT2D eigenvalue weighted by atomic mass is 19.1. The molecule has 0 saturated heterocycles. The molecule has 4 N–H and O–H groups in total. The summed E-state index contributed by atoms with van der Waals surface area (Å²) in [5, 5.41) is 17.6. The van der Waals surface area contributed by atoms with Gasteiger partial charge in [-0.05, 0) is 36.4 Å². The molecule has 1 aromatic carbocycles. The Morgan fingerprint density at radius 3 is 2.63 bits per heavy atom. The molecule has 1 aliphatic heterocycles. The fraction of sp³-hybridized carbons (Fsp3) is 0.286. The highest BCUT2D eigenvalue weighted by Gasteiger charge is 2.29. The van der Waals surface area contributed by atoms with Crippen LogP contribution >= 0.6 is 0 Å². The standard InChI is InChI=1S/C21H23FN4O4/c22-14-4-6-15(7-5-14)25-21(29)26-18-9-8-17(30-19(18)13-27)11-20(28)24-12-16-3-1-2-10-23-16/h1-10,17-19,27H,11-13H2,(H,24,28)(H2,25,26,29)/t17-,18+,19+/m1/s1. The van der Waals surface area contributed by atoms with Gasteiger partial charge in [0, 0.05) is 11.9 Å². The number of aromatic nitrogens is 1. The average molecular weight is 414 g/mol. The van der Waals surface area contributed by atoms with E-state index in [9.17, 15) is 19.1 Å². The van der Waals surface area contributed by atoms with Crippen LogP contribution in [0.5, 0.6) is 0 Å². The zero-order valence-corrected chi connectivity index (χ0v) is 16.1. The van der Waals surface area contributed by atoms with Crippen LogP contribution in [-0.2, 0) is 16.1 Å². The second kappa shape index (κ2) is 10.5. The van der Waals surface area contributed by atoms with Crippen LogP contribution in [0.3, 0.4) is 0 Å². The van der Waals surface area contributed by atoms with Crippen LogP contribution < -0.4 is 16.0 Å². The topological polar surface area (TPSA) is 113 Å². The lowest BCUT2D eigenvalue weighted by Gasteiger charge is -2.31. The number of amides is 3. The van der Waals surface area contributed by atoms with Crippen molar-refractivity contribution in [1.82, 2.24) is 15.6 Å². The van der Waals surface area contributed by atoms with Crippen LogP contribution in [0, 0.1) is 5.82 Å². The van der Waals surface area contributed by atoms with Gasteiger partial charge in [0.15, 0.2) is 0 Å². The zero-order chi connectivity index (χ0) is 21.3. The summed E-state index contributed by atoms with van der Waals surface area (Å²) in [4.78, 5) is 28.4. The van der Waals surface area contributed by atoms with Crippen molar-refractivity contribution in [3.63, 3.8) is 0 Å². The van der Waals surface area contributed by atoms with Crippen molar-refractivity contribution in [2.45, 2.75) is 31.2 Å². The number of carbonyl (C=O) groups excluding carboxylic acids is 2. The van der Waals surface area contributed by atoms with E-state index in [1.54, 1.807) is 24.4 Å². The second-order valence-corrected chi connectivity index (χ2v) is 6.71. The van der Waals surface area contributed by atoms with Gasteiger partial charge in [-0.1, -0.05) is 18.2 Å². The number of ether oxygens (including phenoxy) is 1. The van der Waals surface area contributed by atoms with Crippen LogP contribution in [0.25, 0.3) is 0 Å². The molecule has 3 atom stereocenters. The van der Waals surface area contributed by atoms with E-state index in [1.807, 2.05) is 12.1 Å². The number of benzene rings is 1. The lowest BCUT2D eigenvalue weighted by Crippen LogP contribution is -2.50. The van der Waals surface area contributed by atoms with Gasteiger partial charge in [0.25, 0.3) is 0 Å². The highest BCUT2D eigenvalue weighted by molar-refractivity contribution is 5.89. The summed E-state index contributed by atoms with van der Waals surface area (Å²) in [6, 6.07) is 9.69. The molecule has 2 heterocycles. The Morgan fingerprint density at radius 1 is 1.13 bits per heavy atom. The Bertz CT molecular complexity index is 876. The second-order valence-electron chi connectivity index (χ2n) is 6.71. The van der Waals surface area contributed by atoms with E-state index in [0.29, 0.717) is 12.2 Å². The summed E-state index contributed by atoms with van der Waals surface area (Å²) in [6.45, 7) is -0.0227. The molecule has 0 fully saturated rings. The summed E-state index contributed by atoms with van der Waals surface area (Å²) in [5.41, 5.74) is 1.17. The van der Waals surface area contributed by atoms with Crippen molar-refractivity contribution < 1.29 is 23.8 Å². The predicted octanol–water partition coefficient (Wildman–Crippen LogP) is 1.73. The summed E-state index contributed by atoms with van der Waals surface area (Å²) < 4.78 is 18.7. The normalized spacial score (nSPS) is 20.4. The summed E-state index contributed by atoms with van der Waals surface area (Å²) >= 11 is 0. The van der Waals surface area contributed by atoms with Crippen LogP contribution in [0.1, 0.15) is 12.1 Å². The molecule has 0 radical (unpaired) electrons. The molecule has 1 aliphatic rings. The molecular formula is C21H23FN4O4. The van der Waals surface area contributed by atoms with Gasteiger partial charge in [-0.15, -0.1) is 0 Å². The van der Waals surface area contributed by atoms with Gasteiger partial charge in [0.05, 0.1) is 37.4 Å². The zero-order valence-electron chi connectivity index (χ0n) is 16.1. The number of hydrogen-bond acceptors (Lipinski definition) is 5. The van der Waals surface area contributed by atoms with Gasteiger partial charge in [-0.25, -0.2) is 9.18 Å². The van der Waals surface area contributed by atoms with Crippen molar-refractivity contribution in [2.75, 3.05) is 11.9 Å². The monoisotopic (exact) mass is 414 g/mol. The minimum Gasteiger partial charge on any atom is -0.394 e. The Hall–Kier alpha value is -3.30. The molecule has 9 heteroatoms. The third kappa shape index (κ3) is 6.36. The van der Waals surface area contributed by atoms with Crippen molar-refractivity contribution in [3.8, 4) is 0 Å². The minimum absolute atomic E-state index is 0.0777. The van der Waals surface area contributed by atoms with Crippen LogP contribution in [-0.4, -0.2) is 46.9 Å². The number of aliphatic hydroxyl groups is 1. The van der Waals surface area contributed by atoms with E-state index in [4.69, 9.17) is 4.74 Å². The first-order chi connectivity index (χ1) is 14.5. The van der Waals surface area contributed by atoms with Crippen LogP contribution in [0.2, 0.25) is 0 Å². The molecule has 30 heavy (non-hydrogen) atoms. The Labute approximate surface area is 173 Å². The smallest absolute Gasteiger partial charge is 0.319 e. The SMILES string of the molecule is O=C(C[C@H]1C=C[C@H](NC(=O)Nc2ccc(F)cc2)[C@H](CO)O1)NCc1ccccn1. The molecule has 1 aromatic heterocycles. The maximum absolute atomic E-state index is 12.9. The third-order valence-electron chi connectivity index (χ3n) is 4.44. The van der Waals surface area contributed by atoms with Crippen LogP contribution in [0.15, 0.2) is 60.8 Å². The van der Waals surface area contributed by atoms with E-state index in [1.165, 1.54) is 24.3 Å². The van der Waals surface area contributed by atoms with E-state index in [-0.39, 0.29) is 18.9 Å². The number of urea groups is 1. The van der Waals surface area contributed by atoms with Crippen LogP contribution in [0.4, 0.5) is 14.9 Å². The number of hydrogen-bond donors (Lipinski definition) is 4. The molecule has 0 unspecified atom stereocenters. The lowest BCUT2D eigenvalue weighted by atomic mass is 10.0. The summed E-state index contributed by atoms with van der Waals surface area (Å²) in [6.07, 6.45) is 3.86. The Balaban J connectivity index is 1.48. The lowest BCUT2D eigenvalue weighted by molar-refractivity contribution is -0.125. The molecule has 0 spiro atoms. The largest absolute Gasteiger partial charge is 0.394 e. The Kier molecular flexibility index (Phi) is 7.47. The molecule has 8 nitrogen and oxygen atoms in total. The minimum atomic E-state index is -0.706. The number of nitrogens with one attached hydrogen (secondary N) is 3. The number of anilines is 1. The number of pyridine rings is 1. The average Bonchev–Trinajstić information content (AvgIpc) is 2.75. The van der Waals surface area contributed by atoms with Gasteiger partial charge in [0.2, 0.25) is 5.91 Å². The molecular weight excluding hydrogens is 391 g/mol. The van der Waals surface area contributed by atoms with E-state index in [0.717, 1.165) is 5.69 Å². The maximum Gasteiger partial charge on any atom is 0.319 e. The fourth-order valence-corrected chi connectivity index (χ4v) is 2.93.